The van der Waals surface area contributed by atoms with Gasteiger partial charge < -0.3 is 10.6 Å². The molecule has 0 saturated carbocycles. The Morgan fingerprint density at radius 2 is 2.06 bits per heavy atom. The summed E-state index contributed by atoms with van der Waals surface area (Å²) in [5.41, 5.74) is 8.97. The molecule has 0 unspecified atom stereocenters. The third-order valence-electron chi connectivity index (χ3n) is 2.89. The minimum Gasteiger partial charge on any atom is -0.399 e. The second-order valence-electron chi connectivity index (χ2n) is 4.00. The van der Waals surface area contributed by atoms with Crippen LogP contribution in [0.3, 0.4) is 0 Å². The van der Waals surface area contributed by atoms with Crippen LogP contribution in [0.1, 0.15) is 5.56 Å². The van der Waals surface area contributed by atoms with Gasteiger partial charge in [0.15, 0.2) is 11.0 Å². The quantitative estimate of drug-likeness (QED) is 0.785. The summed E-state index contributed by atoms with van der Waals surface area (Å²) in [4.78, 5) is 2.12. The van der Waals surface area contributed by atoms with E-state index in [9.17, 15) is 0 Å². The van der Waals surface area contributed by atoms with Crippen molar-refractivity contribution in [2.24, 2.45) is 0 Å². The maximum atomic E-state index is 5.77. The van der Waals surface area contributed by atoms with Crippen molar-refractivity contribution in [2.75, 3.05) is 17.2 Å². The van der Waals surface area contributed by atoms with Crippen molar-refractivity contribution in [3.63, 3.8) is 0 Å². The standard InChI is InChI=1S/C12H11ClN4/c13-11-3-4-12(16-15-11)17-6-5-8-7-9(14)1-2-10(8)17/h1-4,7H,5-6,14H2. The molecule has 1 aromatic carbocycles. The summed E-state index contributed by atoms with van der Waals surface area (Å²) in [6, 6.07) is 9.56. The molecule has 3 rings (SSSR count). The van der Waals surface area contributed by atoms with Crippen molar-refractivity contribution < 1.29 is 0 Å². The van der Waals surface area contributed by atoms with Crippen molar-refractivity contribution in [3.05, 3.63) is 41.0 Å². The number of nitrogen functional groups attached to an aromatic ring is 1. The molecule has 2 N–H and O–H groups in total. The Morgan fingerprint density at radius 1 is 1.18 bits per heavy atom. The lowest BCUT2D eigenvalue weighted by Gasteiger charge is -2.17. The van der Waals surface area contributed by atoms with Gasteiger partial charge in [0, 0.05) is 17.9 Å². The van der Waals surface area contributed by atoms with E-state index in [0.29, 0.717) is 5.15 Å². The SMILES string of the molecule is Nc1ccc2c(c1)CCN2c1ccc(Cl)nn1. The molecule has 0 radical (unpaired) electrons. The van der Waals surface area contributed by atoms with Crippen LogP contribution >= 0.6 is 11.6 Å². The number of rotatable bonds is 1. The zero-order valence-corrected chi connectivity index (χ0v) is 9.85. The fourth-order valence-corrected chi connectivity index (χ4v) is 2.21. The molecule has 17 heavy (non-hydrogen) atoms. The number of aromatic nitrogens is 2. The van der Waals surface area contributed by atoms with Crippen LogP contribution in [0.15, 0.2) is 30.3 Å². The van der Waals surface area contributed by atoms with Gasteiger partial charge in [0.2, 0.25) is 0 Å². The number of nitrogens with two attached hydrogens (primary N) is 1. The number of anilines is 3. The average molecular weight is 247 g/mol. The van der Waals surface area contributed by atoms with Crippen LogP contribution in [0, 0.1) is 0 Å². The molecule has 0 bridgehead atoms. The molecule has 0 saturated heterocycles. The molecular formula is C12H11ClN4. The molecular weight excluding hydrogens is 236 g/mol. The summed E-state index contributed by atoms with van der Waals surface area (Å²) in [5.74, 6) is 0.818. The first kappa shape index (κ1) is 10.4. The average Bonchev–Trinajstić information content (AvgIpc) is 2.73. The summed E-state index contributed by atoms with van der Waals surface area (Å²) >= 11 is 5.73. The highest BCUT2D eigenvalue weighted by Gasteiger charge is 2.21. The summed E-state index contributed by atoms with van der Waals surface area (Å²) in [6.07, 6.45) is 0.977. The normalized spacial score (nSPS) is 13.8. The van der Waals surface area contributed by atoms with Gasteiger partial charge >= 0.3 is 0 Å². The van der Waals surface area contributed by atoms with E-state index in [-0.39, 0.29) is 0 Å². The molecule has 0 spiro atoms. The Hall–Kier alpha value is -1.81. The lowest BCUT2D eigenvalue weighted by atomic mass is 10.1. The molecule has 2 aromatic rings. The monoisotopic (exact) mass is 246 g/mol. The van der Waals surface area contributed by atoms with Gasteiger partial charge in [-0.2, -0.15) is 0 Å². The van der Waals surface area contributed by atoms with Gasteiger partial charge in [-0.1, -0.05) is 11.6 Å². The molecule has 2 heterocycles. The van der Waals surface area contributed by atoms with Crippen LogP contribution in [0.4, 0.5) is 17.2 Å². The smallest absolute Gasteiger partial charge is 0.155 e. The van der Waals surface area contributed by atoms with Gasteiger partial charge in [-0.25, -0.2) is 0 Å². The van der Waals surface area contributed by atoms with E-state index < -0.39 is 0 Å². The fraction of sp³-hybridized carbons (Fsp3) is 0.167. The minimum absolute atomic E-state index is 0.408. The number of hydrogen-bond donors (Lipinski definition) is 1. The maximum Gasteiger partial charge on any atom is 0.155 e. The number of fused-ring (bicyclic) bond motifs is 1. The Bertz CT molecular complexity index is 553. The van der Waals surface area contributed by atoms with E-state index in [2.05, 4.69) is 15.1 Å². The molecule has 0 fully saturated rings. The zero-order chi connectivity index (χ0) is 11.8. The predicted octanol–water partition coefficient (Wildman–Crippen LogP) is 2.41. The molecule has 4 nitrogen and oxygen atoms in total. The Kier molecular flexibility index (Phi) is 2.37. The first-order valence-corrected chi connectivity index (χ1v) is 5.77. The van der Waals surface area contributed by atoms with Gasteiger partial charge in [-0.3, -0.25) is 0 Å². The van der Waals surface area contributed by atoms with Crippen LogP contribution in [-0.2, 0) is 6.42 Å². The Labute approximate surface area is 104 Å². The van der Waals surface area contributed by atoms with E-state index in [4.69, 9.17) is 17.3 Å². The van der Waals surface area contributed by atoms with Crippen molar-refractivity contribution >= 4 is 28.8 Å². The maximum absolute atomic E-state index is 5.77. The van der Waals surface area contributed by atoms with Crippen LogP contribution in [0.25, 0.3) is 0 Å². The first-order valence-electron chi connectivity index (χ1n) is 5.39. The summed E-state index contributed by atoms with van der Waals surface area (Å²) in [6.45, 7) is 0.898. The van der Waals surface area contributed by atoms with Crippen LogP contribution in [0.5, 0.6) is 0 Å². The van der Waals surface area contributed by atoms with Gasteiger partial charge in [-0.15, -0.1) is 10.2 Å². The molecule has 1 aromatic heterocycles. The highest BCUT2D eigenvalue weighted by atomic mass is 35.5. The largest absolute Gasteiger partial charge is 0.399 e. The molecule has 1 aliphatic rings. The molecule has 0 aliphatic carbocycles. The van der Waals surface area contributed by atoms with Crippen LogP contribution < -0.4 is 10.6 Å². The molecule has 1 aliphatic heterocycles. The third-order valence-corrected chi connectivity index (χ3v) is 3.10. The Morgan fingerprint density at radius 3 is 2.82 bits per heavy atom. The molecule has 5 heteroatoms. The zero-order valence-electron chi connectivity index (χ0n) is 9.10. The van der Waals surface area contributed by atoms with Crippen LogP contribution in [0.2, 0.25) is 5.15 Å². The predicted molar refractivity (Wildman–Crippen MR) is 68.6 cm³/mol. The van der Waals surface area contributed by atoms with E-state index >= 15 is 0 Å². The van der Waals surface area contributed by atoms with Crippen molar-refractivity contribution in [2.45, 2.75) is 6.42 Å². The highest BCUT2D eigenvalue weighted by molar-refractivity contribution is 6.29. The lowest BCUT2D eigenvalue weighted by Crippen LogP contribution is -2.15. The number of benzene rings is 1. The van der Waals surface area contributed by atoms with E-state index in [0.717, 1.165) is 30.2 Å². The summed E-state index contributed by atoms with van der Waals surface area (Å²) in [7, 11) is 0. The lowest BCUT2D eigenvalue weighted by molar-refractivity contribution is 0.928. The number of halogens is 1. The van der Waals surface area contributed by atoms with Crippen molar-refractivity contribution in [1.29, 1.82) is 0 Å². The molecule has 0 amide bonds. The van der Waals surface area contributed by atoms with Crippen molar-refractivity contribution in [3.8, 4) is 0 Å². The summed E-state index contributed by atoms with van der Waals surface area (Å²) in [5, 5.41) is 8.37. The first-order chi connectivity index (χ1) is 8.24. The second-order valence-corrected chi connectivity index (χ2v) is 4.39. The topological polar surface area (TPSA) is 55.0 Å². The number of hydrogen-bond acceptors (Lipinski definition) is 4. The van der Waals surface area contributed by atoms with E-state index in [1.54, 1.807) is 6.07 Å². The van der Waals surface area contributed by atoms with E-state index in [1.165, 1.54) is 5.56 Å². The fourth-order valence-electron chi connectivity index (χ4n) is 2.11. The van der Waals surface area contributed by atoms with E-state index in [1.807, 2.05) is 24.3 Å². The summed E-state index contributed by atoms with van der Waals surface area (Å²) < 4.78 is 0. The minimum atomic E-state index is 0.408. The van der Waals surface area contributed by atoms with Crippen LogP contribution in [-0.4, -0.2) is 16.7 Å². The third kappa shape index (κ3) is 1.80. The van der Waals surface area contributed by atoms with Gasteiger partial charge in [0.25, 0.3) is 0 Å². The van der Waals surface area contributed by atoms with Gasteiger partial charge in [0.1, 0.15) is 0 Å². The van der Waals surface area contributed by atoms with Crippen molar-refractivity contribution in [1.82, 2.24) is 10.2 Å². The Balaban J connectivity index is 2.01. The second kappa shape index (κ2) is 3.89. The van der Waals surface area contributed by atoms with Gasteiger partial charge in [-0.05, 0) is 42.3 Å². The molecule has 86 valence electrons. The molecule has 0 atom stereocenters. The highest BCUT2D eigenvalue weighted by Crippen LogP contribution is 2.34. The number of nitrogens with zero attached hydrogens (tertiary/aromatic N) is 3. The van der Waals surface area contributed by atoms with Gasteiger partial charge in [0.05, 0.1) is 0 Å².